The van der Waals surface area contributed by atoms with Gasteiger partial charge in [-0.2, -0.15) is 10.1 Å². The number of carbonyl (C=O) groups is 1. The molecule has 0 radical (unpaired) electrons. The van der Waals surface area contributed by atoms with Gasteiger partial charge >= 0.3 is 5.97 Å². The van der Waals surface area contributed by atoms with Crippen molar-refractivity contribution in [3.8, 4) is 5.75 Å². The molecule has 0 spiro atoms. The normalized spacial score (nSPS) is 10.7. The number of hydrogen-bond acceptors (Lipinski definition) is 8. The smallest absolute Gasteiger partial charge is 0.316 e. The molecule has 1 aromatic heterocycles. The zero-order chi connectivity index (χ0) is 17.4. The number of nitrogens with zero attached hydrogens (tertiary/aromatic N) is 3. The number of H-pyrrole nitrogens is 1. The predicted octanol–water partition coefficient (Wildman–Crippen LogP) is 1.95. The van der Waals surface area contributed by atoms with E-state index in [0.717, 1.165) is 17.3 Å². The lowest BCUT2D eigenvalue weighted by Gasteiger charge is -2.04. The fourth-order valence-electron chi connectivity index (χ4n) is 1.74. The Balaban J connectivity index is 1.95. The van der Waals surface area contributed by atoms with Crippen LogP contribution in [0.2, 0.25) is 0 Å². The highest BCUT2D eigenvalue weighted by Crippen LogP contribution is 2.21. The average Bonchev–Trinajstić information content (AvgIpc) is 3.04. The summed E-state index contributed by atoms with van der Waals surface area (Å²) >= 11 is 1.14. The number of rotatable bonds is 8. The molecule has 0 unspecified atom stereocenters. The molecule has 24 heavy (non-hydrogen) atoms. The summed E-state index contributed by atoms with van der Waals surface area (Å²) in [6.07, 6.45) is 3.77. The lowest BCUT2D eigenvalue weighted by molar-refractivity contribution is -0.137. The summed E-state index contributed by atoms with van der Waals surface area (Å²) in [5, 5.41) is 21.1. The number of allylic oxidation sites excluding steroid dienone is 1. The Labute approximate surface area is 143 Å². The van der Waals surface area contributed by atoms with E-state index in [1.165, 1.54) is 13.3 Å². The number of benzene rings is 1. The molecule has 1 aromatic carbocycles. The number of para-hydroxylation sites is 1. The molecule has 0 aliphatic carbocycles. The minimum absolute atomic E-state index is 0.126. The lowest BCUT2D eigenvalue weighted by atomic mass is 10.1. The van der Waals surface area contributed by atoms with Crippen LogP contribution >= 0.6 is 11.8 Å². The summed E-state index contributed by atoms with van der Waals surface area (Å²) in [7, 11) is 1.32. The van der Waals surface area contributed by atoms with Gasteiger partial charge in [0.05, 0.1) is 19.1 Å². The van der Waals surface area contributed by atoms with E-state index < -0.39 is 0 Å². The molecule has 126 valence electrons. The number of ether oxygens (including phenoxy) is 1. The van der Waals surface area contributed by atoms with Crippen molar-refractivity contribution in [3.05, 3.63) is 42.0 Å². The number of carbonyl (C=O) groups excluding carboxylic acids is 1. The Morgan fingerprint density at radius 2 is 2.42 bits per heavy atom. The van der Waals surface area contributed by atoms with Crippen molar-refractivity contribution < 1.29 is 14.6 Å². The number of thioether (sulfide) groups is 1. The van der Waals surface area contributed by atoms with E-state index in [2.05, 4.69) is 37.0 Å². The summed E-state index contributed by atoms with van der Waals surface area (Å²) in [6, 6.07) is 5.39. The van der Waals surface area contributed by atoms with E-state index in [-0.39, 0.29) is 17.5 Å². The van der Waals surface area contributed by atoms with Crippen molar-refractivity contribution in [1.82, 2.24) is 15.2 Å². The van der Waals surface area contributed by atoms with Crippen LogP contribution in [0.5, 0.6) is 5.75 Å². The summed E-state index contributed by atoms with van der Waals surface area (Å²) in [5.74, 6) is 0.253. The van der Waals surface area contributed by atoms with E-state index in [4.69, 9.17) is 0 Å². The maximum Gasteiger partial charge on any atom is 0.316 e. The number of phenolic OH excluding ortho intramolecular Hbond substituents is 1. The molecule has 2 aromatic rings. The number of hydrogen-bond donors (Lipinski definition) is 3. The van der Waals surface area contributed by atoms with Crippen LogP contribution in [-0.4, -0.2) is 45.3 Å². The van der Waals surface area contributed by atoms with Crippen molar-refractivity contribution in [2.24, 2.45) is 5.10 Å². The SMILES string of the molecule is C=CCc1cccc(/C=N/Nc2nc(SCC(=O)OC)n[nH]2)c1O. The molecule has 0 fully saturated rings. The molecule has 0 atom stereocenters. The van der Waals surface area contributed by atoms with Gasteiger partial charge in [-0.05, 0) is 18.1 Å². The first-order valence-electron chi connectivity index (χ1n) is 6.97. The van der Waals surface area contributed by atoms with E-state index in [1.807, 2.05) is 12.1 Å². The summed E-state index contributed by atoms with van der Waals surface area (Å²) in [5.41, 5.74) is 4.02. The Morgan fingerprint density at radius 1 is 1.58 bits per heavy atom. The second-order valence-electron chi connectivity index (χ2n) is 4.55. The molecule has 1 heterocycles. The van der Waals surface area contributed by atoms with Gasteiger partial charge in [-0.25, -0.2) is 10.5 Å². The highest BCUT2D eigenvalue weighted by atomic mass is 32.2. The topological polar surface area (TPSA) is 112 Å². The maximum absolute atomic E-state index is 11.0. The molecule has 0 saturated heterocycles. The van der Waals surface area contributed by atoms with Crippen LogP contribution < -0.4 is 5.43 Å². The predicted molar refractivity (Wildman–Crippen MR) is 92.3 cm³/mol. The Morgan fingerprint density at radius 3 is 3.17 bits per heavy atom. The first-order valence-corrected chi connectivity index (χ1v) is 7.95. The number of nitrogens with one attached hydrogen (secondary N) is 2. The van der Waals surface area contributed by atoms with E-state index in [1.54, 1.807) is 12.1 Å². The third-order valence-corrected chi connectivity index (χ3v) is 3.72. The molecule has 0 amide bonds. The highest BCUT2D eigenvalue weighted by Gasteiger charge is 2.07. The van der Waals surface area contributed by atoms with Gasteiger partial charge in [0.1, 0.15) is 5.75 Å². The molecular weight excluding hydrogens is 330 g/mol. The second kappa shape index (κ2) is 8.73. The first-order chi connectivity index (χ1) is 11.6. The molecule has 9 heteroatoms. The zero-order valence-electron chi connectivity index (χ0n) is 13.0. The van der Waals surface area contributed by atoms with Crippen LogP contribution in [0.1, 0.15) is 11.1 Å². The number of anilines is 1. The van der Waals surface area contributed by atoms with Gasteiger partial charge in [-0.3, -0.25) is 4.79 Å². The number of esters is 1. The molecule has 0 aliphatic heterocycles. The van der Waals surface area contributed by atoms with Crippen molar-refractivity contribution >= 4 is 29.9 Å². The van der Waals surface area contributed by atoms with Crippen molar-refractivity contribution in [2.75, 3.05) is 18.3 Å². The number of aromatic nitrogens is 3. The maximum atomic E-state index is 11.0. The van der Waals surface area contributed by atoms with E-state index >= 15 is 0 Å². The highest BCUT2D eigenvalue weighted by molar-refractivity contribution is 7.99. The third-order valence-electron chi connectivity index (χ3n) is 2.90. The lowest BCUT2D eigenvalue weighted by Crippen LogP contribution is -2.03. The third kappa shape index (κ3) is 4.85. The van der Waals surface area contributed by atoms with Gasteiger partial charge in [0, 0.05) is 5.56 Å². The van der Waals surface area contributed by atoms with Crippen molar-refractivity contribution in [2.45, 2.75) is 11.6 Å². The van der Waals surface area contributed by atoms with Crippen LogP contribution in [-0.2, 0) is 16.0 Å². The number of phenols is 1. The van der Waals surface area contributed by atoms with Gasteiger partial charge in [-0.1, -0.05) is 30.0 Å². The molecule has 8 nitrogen and oxygen atoms in total. The summed E-state index contributed by atoms with van der Waals surface area (Å²) in [4.78, 5) is 15.2. The summed E-state index contributed by atoms with van der Waals surface area (Å²) in [6.45, 7) is 3.65. The second-order valence-corrected chi connectivity index (χ2v) is 5.49. The van der Waals surface area contributed by atoms with Crippen LogP contribution in [0, 0.1) is 0 Å². The minimum Gasteiger partial charge on any atom is -0.507 e. The molecule has 0 bridgehead atoms. The molecule has 3 N–H and O–H groups in total. The molecule has 0 saturated carbocycles. The van der Waals surface area contributed by atoms with Gasteiger partial charge in [0.15, 0.2) is 0 Å². The first kappa shape index (κ1) is 17.5. The van der Waals surface area contributed by atoms with Gasteiger partial charge < -0.3 is 9.84 Å². The quantitative estimate of drug-likeness (QED) is 0.220. The van der Waals surface area contributed by atoms with E-state index in [9.17, 15) is 9.90 Å². The van der Waals surface area contributed by atoms with Crippen molar-refractivity contribution in [3.63, 3.8) is 0 Å². The summed E-state index contributed by atoms with van der Waals surface area (Å²) < 4.78 is 4.54. The molecule has 2 rings (SSSR count). The van der Waals surface area contributed by atoms with Gasteiger partial charge in [0.2, 0.25) is 11.1 Å². The van der Waals surface area contributed by atoms with Gasteiger partial charge in [0.25, 0.3) is 0 Å². The largest absolute Gasteiger partial charge is 0.507 e. The van der Waals surface area contributed by atoms with Crippen LogP contribution in [0.4, 0.5) is 5.95 Å². The molecule has 0 aliphatic rings. The number of aromatic hydroxyl groups is 1. The molecular formula is C15H17N5O3S. The van der Waals surface area contributed by atoms with Crippen LogP contribution in [0.15, 0.2) is 41.1 Å². The number of hydrazone groups is 1. The van der Waals surface area contributed by atoms with Crippen molar-refractivity contribution in [1.29, 1.82) is 0 Å². The average molecular weight is 347 g/mol. The van der Waals surface area contributed by atoms with E-state index in [0.29, 0.717) is 23.1 Å². The van der Waals surface area contributed by atoms with Gasteiger partial charge in [-0.15, -0.1) is 11.7 Å². The standard InChI is InChI=1S/C15H17N5O3S/c1-3-5-10-6-4-7-11(13(10)22)8-16-18-14-17-15(20-19-14)24-9-12(21)23-2/h3-4,6-8,22H,1,5,9H2,2H3,(H2,17,18,19,20)/b16-8+. The monoisotopic (exact) mass is 347 g/mol. The minimum atomic E-state index is -0.354. The number of aromatic amines is 1. The van der Waals surface area contributed by atoms with Crippen LogP contribution in [0.3, 0.4) is 0 Å². The Bertz CT molecular complexity index is 744. The fourth-order valence-corrected chi connectivity index (χ4v) is 2.37. The van der Waals surface area contributed by atoms with Crippen LogP contribution in [0.25, 0.3) is 0 Å². The number of methoxy groups -OCH3 is 1. The Hall–Kier alpha value is -2.81. The Kier molecular flexibility index (Phi) is 6.38. The fraction of sp³-hybridized carbons (Fsp3) is 0.200. The zero-order valence-corrected chi connectivity index (χ0v) is 13.8.